The summed E-state index contributed by atoms with van der Waals surface area (Å²) >= 11 is 0. The van der Waals surface area contributed by atoms with Crippen LogP contribution in [-0.4, -0.2) is 45.3 Å². The van der Waals surface area contributed by atoms with Crippen LogP contribution in [0.15, 0.2) is 0 Å². The van der Waals surface area contributed by atoms with Crippen molar-refractivity contribution in [3.8, 4) is 0 Å². The molecule has 0 aromatic rings. The normalized spacial score (nSPS) is 46.1. The van der Waals surface area contributed by atoms with Crippen molar-refractivity contribution in [3.05, 3.63) is 0 Å². The summed E-state index contributed by atoms with van der Waals surface area (Å²) < 4.78 is 0. The van der Waals surface area contributed by atoms with Gasteiger partial charge in [0.25, 0.3) is 11.8 Å². The van der Waals surface area contributed by atoms with Gasteiger partial charge in [0.15, 0.2) is 0 Å². The van der Waals surface area contributed by atoms with E-state index in [9.17, 15) is 24.6 Å². The van der Waals surface area contributed by atoms with Gasteiger partial charge in [-0.3, -0.25) is 9.59 Å². The molecule has 5 aliphatic rings. The van der Waals surface area contributed by atoms with Crippen molar-refractivity contribution in [1.29, 1.82) is 0 Å². The first-order valence-electron chi connectivity index (χ1n) is 14.0. The number of hydrogen-bond donors (Lipinski definition) is 2. The Kier molecular flexibility index (Phi) is 6.57. The molecule has 2 amide bonds. The minimum atomic E-state index is -0.532. The number of rotatable bonds is 5. The molecule has 1 heterocycles. The summed E-state index contributed by atoms with van der Waals surface area (Å²) in [5, 5.41) is 22.6. The molecule has 35 heavy (non-hydrogen) atoms. The number of fused-ring (bicyclic) bond motifs is 5. The smallest absolute Gasteiger partial charge is 0.333 e. The number of hydroxylamine groups is 2. The molecule has 2 N–H and O–H groups in total. The van der Waals surface area contributed by atoms with Gasteiger partial charge < -0.3 is 15.1 Å². The zero-order valence-electron chi connectivity index (χ0n) is 21.6. The van der Waals surface area contributed by atoms with E-state index in [2.05, 4.69) is 20.8 Å². The maximum Gasteiger partial charge on any atom is 0.333 e. The fourth-order valence-electron chi connectivity index (χ4n) is 9.51. The zero-order valence-corrected chi connectivity index (χ0v) is 21.6. The molecule has 5 fully saturated rings. The van der Waals surface area contributed by atoms with Crippen LogP contribution >= 0.6 is 0 Å². The number of amides is 2. The van der Waals surface area contributed by atoms with Crippen molar-refractivity contribution in [2.45, 2.75) is 110 Å². The van der Waals surface area contributed by atoms with Gasteiger partial charge >= 0.3 is 5.97 Å². The molecule has 1 saturated heterocycles. The van der Waals surface area contributed by atoms with Crippen LogP contribution in [0.5, 0.6) is 0 Å². The van der Waals surface area contributed by atoms with E-state index >= 15 is 0 Å². The molecule has 1 aliphatic heterocycles. The van der Waals surface area contributed by atoms with Crippen molar-refractivity contribution < 1.29 is 29.4 Å². The van der Waals surface area contributed by atoms with E-state index in [0.717, 1.165) is 38.5 Å². The fraction of sp³-hybridized carbons (Fsp3) is 0.893. The van der Waals surface area contributed by atoms with Crippen molar-refractivity contribution in [1.82, 2.24) is 5.06 Å². The van der Waals surface area contributed by atoms with E-state index in [1.807, 2.05) is 0 Å². The van der Waals surface area contributed by atoms with Gasteiger partial charge in [-0.05, 0) is 104 Å². The summed E-state index contributed by atoms with van der Waals surface area (Å²) in [6, 6.07) is 0. The molecule has 10 atom stereocenters. The summed E-state index contributed by atoms with van der Waals surface area (Å²) in [5.74, 6) is 1.39. The molecule has 0 aromatic carbocycles. The summed E-state index contributed by atoms with van der Waals surface area (Å²) in [5.41, 5.74) is 0.0745. The van der Waals surface area contributed by atoms with Crippen molar-refractivity contribution >= 4 is 17.8 Å². The summed E-state index contributed by atoms with van der Waals surface area (Å²) in [4.78, 5) is 40.9. The Balaban J connectivity index is 1.24. The number of carbonyl (C=O) groups excluding carboxylic acids is 3. The first-order chi connectivity index (χ1) is 16.6. The Morgan fingerprint density at radius 3 is 2.46 bits per heavy atom. The minimum absolute atomic E-state index is 0.102. The van der Waals surface area contributed by atoms with Gasteiger partial charge in [0.2, 0.25) is 0 Å². The lowest BCUT2D eigenvalue weighted by Gasteiger charge is -2.62. The maximum absolute atomic E-state index is 12.4. The van der Waals surface area contributed by atoms with Crippen molar-refractivity contribution in [3.63, 3.8) is 0 Å². The quantitative estimate of drug-likeness (QED) is 0.566. The number of hydrogen-bond acceptors (Lipinski definition) is 6. The highest BCUT2D eigenvalue weighted by Crippen LogP contribution is 2.68. The third kappa shape index (κ3) is 4.05. The summed E-state index contributed by atoms with van der Waals surface area (Å²) in [6.07, 6.45) is 8.81. The molecular formula is C28H43NO6. The molecule has 0 radical (unpaired) electrons. The maximum atomic E-state index is 12.4. The average molecular weight is 490 g/mol. The van der Waals surface area contributed by atoms with Gasteiger partial charge in [-0.25, -0.2) is 4.79 Å². The lowest BCUT2D eigenvalue weighted by Crippen LogP contribution is -2.58. The highest BCUT2D eigenvalue weighted by atomic mass is 16.7. The van der Waals surface area contributed by atoms with Gasteiger partial charge in [-0.1, -0.05) is 20.8 Å². The van der Waals surface area contributed by atoms with Crippen LogP contribution in [0.2, 0.25) is 0 Å². The topological polar surface area (TPSA) is 104 Å². The Morgan fingerprint density at radius 1 is 1.03 bits per heavy atom. The predicted octanol–water partition coefficient (Wildman–Crippen LogP) is 4.00. The van der Waals surface area contributed by atoms with Crippen LogP contribution < -0.4 is 0 Å². The van der Waals surface area contributed by atoms with Crippen LogP contribution in [0.4, 0.5) is 0 Å². The number of carbonyl (C=O) groups is 3. The SMILES string of the molecule is C[C@H](CCC(=O)ON1C(=O)CCC1=O)[C@H]1CC[C@H]2[C@@H]3CC[C@@H]4C[C@H](O)CC[C@]4(C)[C@H]3C[C@H](O)[C@]12C. The van der Waals surface area contributed by atoms with E-state index in [1.165, 1.54) is 12.8 Å². The molecule has 7 nitrogen and oxygen atoms in total. The molecule has 0 bridgehead atoms. The number of aliphatic hydroxyl groups is 2. The molecule has 7 heteroatoms. The largest absolute Gasteiger partial charge is 0.393 e. The van der Waals surface area contributed by atoms with Crippen LogP contribution in [-0.2, 0) is 19.2 Å². The third-order valence-electron chi connectivity index (χ3n) is 11.5. The Morgan fingerprint density at radius 2 is 1.74 bits per heavy atom. The highest BCUT2D eigenvalue weighted by molar-refractivity contribution is 6.01. The molecule has 0 spiro atoms. The molecule has 4 saturated carbocycles. The van der Waals surface area contributed by atoms with Crippen LogP contribution in [0.25, 0.3) is 0 Å². The van der Waals surface area contributed by atoms with Gasteiger partial charge in [-0.15, -0.1) is 5.06 Å². The van der Waals surface area contributed by atoms with Gasteiger partial charge in [0.1, 0.15) is 0 Å². The lowest BCUT2D eigenvalue weighted by molar-refractivity contribution is -0.198. The third-order valence-corrected chi connectivity index (χ3v) is 11.5. The van der Waals surface area contributed by atoms with Crippen LogP contribution in [0.1, 0.15) is 97.8 Å². The zero-order chi connectivity index (χ0) is 25.1. The molecule has 196 valence electrons. The highest BCUT2D eigenvalue weighted by Gasteiger charge is 2.63. The predicted molar refractivity (Wildman–Crippen MR) is 128 cm³/mol. The minimum Gasteiger partial charge on any atom is -0.393 e. The van der Waals surface area contributed by atoms with Crippen LogP contribution in [0, 0.1) is 46.3 Å². The van der Waals surface area contributed by atoms with Crippen molar-refractivity contribution in [2.75, 3.05) is 0 Å². The van der Waals surface area contributed by atoms with E-state index in [-0.39, 0.29) is 48.2 Å². The van der Waals surface area contributed by atoms with E-state index in [0.29, 0.717) is 41.1 Å². The second kappa shape index (κ2) is 9.13. The molecule has 0 unspecified atom stereocenters. The first-order valence-corrected chi connectivity index (χ1v) is 14.0. The molecule has 4 aliphatic carbocycles. The van der Waals surface area contributed by atoms with E-state index < -0.39 is 17.8 Å². The number of aliphatic hydroxyl groups excluding tert-OH is 2. The second-order valence-electron chi connectivity index (χ2n) is 12.9. The Hall–Kier alpha value is -1.47. The summed E-state index contributed by atoms with van der Waals surface area (Å²) in [6.45, 7) is 6.91. The average Bonchev–Trinajstić information content (AvgIpc) is 3.34. The van der Waals surface area contributed by atoms with Gasteiger partial charge in [0, 0.05) is 19.3 Å². The number of imide groups is 1. The second-order valence-corrected chi connectivity index (χ2v) is 12.9. The Labute approximate surface area is 208 Å². The van der Waals surface area contributed by atoms with Gasteiger partial charge in [0.05, 0.1) is 12.2 Å². The van der Waals surface area contributed by atoms with Crippen molar-refractivity contribution in [2.24, 2.45) is 46.3 Å². The van der Waals surface area contributed by atoms with Gasteiger partial charge in [-0.2, -0.15) is 0 Å². The molecular weight excluding hydrogens is 446 g/mol. The standard InChI is InChI=1S/C28H43NO6/c1-16(4-11-26(34)35-29-24(32)9-10-25(29)33)20-7-8-21-19-6-5-17-14-18(30)12-13-27(17,2)22(19)15-23(31)28(20,21)3/h16-23,30-31H,4-15H2,1-3H3/t16-,17-,18-,19+,20-,21+,22+,23+,27+,28-/m1/s1. The number of nitrogens with zero attached hydrogens (tertiary/aromatic N) is 1. The first kappa shape index (κ1) is 25.2. The Bertz CT molecular complexity index is 860. The van der Waals surface area contributed by atoms with Crippen LogP contribution in [0.3, 0.4) is 0 Å². The summed E-state index contributed by atoms with van der Waals surface area (Å²) in [7, 11) is 0. The van der Waals surface area contributed by atoms with E-state index in [1.54, 1.807) is 0 Å². The molecule has 0 aromatic heterocycles. The fourth-order valence-corrected chi connectivity index (χ4v) is 9.51. The molecule has 5 rings (SSSR count). The lowest BCUT2D eigenvalue weighted by atomic mass is 9.43. The monoisotopic (exact) mass is 489 g/mol. The van der Waals surface area contributed by atoms with E-state index in [4.69, 9.17) is 4.84 Å².